The number of carbonyl (C=O) groups is 1. The van der Waals surface area contributed by atoms with Gasteiger partial charge in [-0.2, -0.15) is 0 Å². The van der Waals surface area contributed by atoms with Gasteiger partial charge in [0, 0.05) is 45.3 Å². The third-order valence-corrected chi connectivity index (χ3v) is 6.38. The molecule has 1 aliphatic heterocycles. The summed E-state index contributed by atoms with van der Waals surface area (Å²) in [7, 11) is -1.66. The first-order valence-corrected chi connectivity index (χ1v) is 11.2. The fourth-order valence-electron chi connectivity index (χ4n) is 3.32. The van der Waals surface area contributed by atoms with E-state index in [1.807, 2.05) is 38.2 Å². The van der Waals surface area contributed by atoms with Crippen molar-refractivity contribution in [3.05, 3.63) is 54.1 Å². The topological polar surface area (TPSA) is 78.9 Å². The van der Waals surface area contributed by atoms with E-state index in [9.17, 15) is 13.2 Å². The van der Waals surface area contributed by atoms with Crippen molar-refractivity contribution in [2.45, 2.75) is 24.8 Å². The number of ether oxygens (including phenoxy) is 1. The largest absolute Gasteiger partial charge is 0.494 e. The van der Waals surface area contributed by atoms with Crippen molar-refractivity contribution in [2.24, 2.45) is 0 Å². The molecule has 0 bridgehead atoms. The number of hydrogen-bond donors (Lipinski definition) is 1. The average Bonchev–Trinajstić information content (AvgIpc) is 2.88. The number of sulfonamides is 1. The molecule has 0 unspecified atom stereocenters. The highest BCUT2D eigenvalue weighted by molar-refractivity contribution is 7.89. The summed E-state index contributed by atoms with van der Waals surface area (Å²) in [5.41, 5.74) is 2.22. The minimum absolute atomic E-state index is 0.0579. The van der Waals surface area contributed by atoms with Gasteiger partial charge in [0.2, 0.25) is 15.9 Å². The zero-order chi connectivity index (χ0) is 20.9. The van der Waals surface area contributed by atoms with Gasteiger partial charge in [0.15, 0.2) is 0 Å². The molecule has 0 saturated carbocycles. The molecular formula is C21H27N3O4S. The lowest BCUT2D eigenvalue weighted by atomic mass is 10.1. The van der Waals surface area contributed by atoms with Crippen LogP contribution in [0.3, 0.4) is 0 Å². The molecule has 2 aromatic carbocycles. The van der Waals surface area contributed by atoms with Crippen molar-refractivity contribution >= 4 is 21.6 Å². The van der Waals surface area contributed by atoms with Crippen LogP contribution in [0.4, 0.5) is 5.69 Å². The molecular weight excluding hydrogens is 390 g/mol. The van der Waals surface area contributed by atoms with Crippen LogP contribution in [0.25, 0.3) is 0 Å². The van der Waals surface area contributed by atoms with E-state index in [0.29, 0.717) is 25.4 Å². The van der Waals surface area contributed by atoms with Gasteiger partial charge in [0.1, 0.15) is 5.75 Å². The Kier molecular flexibility index (Phi) is 6.76. The first-order valence-electron chi connectivity index (χ1n) is 9.70. The SMILES string of the molecule is CCOc1ccc(S(=O)(=O)NCCC(=O)N2CCN(C)c3ccccc3C2)cc1. The van der Waals surface area contributed by atoms with Gasteiger partial charge in [-0.3, -0.25) is 4.79 Å². The van der Waals surface area contributed by atoms with Crippen molar-refractivity contribution in [1.82, 2.24) is 9.62 Å². The van der Waals surface area contributed by atoms with Crippen molar-refractivity contribution in [3.63, 3.8) is 0 Å². The number of carbonyl (C=O) groups excluding carboxylic acids is 1. The molecule has 0 radical (unpaired) electrons. The summed E-state index contributed by atoms with van der Waals surface area (Å²) in [6.07, 6.45) is 0.113. The molecule has 3 rings (SSSR count). The molecule has 7 nitrogen and oxygen atoms in total. The predicted molar refractivity (Wildman–Crippen MR) is 113 cm³/mol. The monoisotopic (exact) mass is 417 g/mol. The zero-order valence-electron chi connectivity index (χ0n) is 16.8. The molecule has 156 valence electrons. The highest BCUT2D eigenvalue weighted by Gasteiger charge is 2.21. The van der Waals surface area contributed by atoms with Gasteiger partial charge >= 0.3 is 0 Å². The van der Waals surface area contributed by atoms with Crippen LogP contribution >= 0.6 is 0 Å². The fraction of sp³-hybridized carbons (Fsp3) is 0.381. The number of anilines is 1. The molecule has 8 heteroatoms. The number of para-hydroxylation sites is 1. The van der Waals surface area contributed by atoms with Crippen LogP contribution in [-0.4, -0.2) is 52.5 Å². The highest BCUT2D eigenvalue weighted by atomic mass is 32.2. The van der Waals surface area contributed by atoms with Crippen LogP contribution in [0.5, 0.6) is 5.75 Å². The molecule has 1 heterocycles. The number of fused-ring (bicyclic) bond motifs is 1. The smallest absolute Gasteiger partial charge is 0.240 e. The van der Waals surface area contributed by atoms with E-state index in [2.05, 4.69) is 9.62 Å². The summed E-state index contributed by atoms with van der Waals surface area (Å²) in [5.74, 6) is 0.553. The Morgan fingerprint density at radius 2 is 1.83 bits per heavy atom. The van der Waals surface area contributed by atoms with E-state index >= 15 is 0 Å². The Hall–Kier alpha value is -2.58. The van der Waals surface area contributed by atoms with E-state index in [1.165, 1.54) is 12.1 Å². The van der Waals surface area contributed by atoms with Crippen molar-refractivity contribution in [3.8, 4) is 5.75 Å². The second-order valence-electron chi connectivity index (χ2n) is 6.92. The van der Waals surface area contributed by atoms with E-state index in [1.54, 1.807) is 17.0 Å². The van der Waals surface area contributed by atoms with Gasteiger partial charge in [-0.1, -0.05) is 18.2 Å². The third-order valence-electron chi connectivity index (χ3n) is 4.90. The quantitative estimate of drug-likeness (QED) is 0.747. The molecule has 0 aromatic heterocycles. The number of nitrogens with one attached hydrogen (secondary N) is 1. The summed E-state index contributed by atoms with van der Waals surface area (Å²) in [6.45, 7) is 4.32. The molecule has 1 amide bonds. The van der Waals surface area contributed by atoms with Crippen LogP contribution < -0.4 is 14.4 Å². The number of likely N-dealkylation sites (N-methyl/N-ethyl adjacent to an activating group) is 1. The summed E-state index contributed by atoms with van der Waals surface area (Å²) in [5, 5.41) is 0. The Bertz CT molecular complexity index is 945. The summed E-state index contributed by atoms with van der Waals surface area (Å²) in [6, 6.07) is 14.3. The first kappa shape index (κ1) is 21.1. The fourth-order valence-corrected chi connectivity index (χ4v) is 4.35. The van der Waals surface area contributed by atoms with Gasteiger partial charge < -0.3 is 14.5 Å². The molecule has 0 spiro atoms. The second kappa shape index (κ2) is 9.28. The summed E-state index contributed by atoms with van der Waals surface area (Å²) < 4.78 is 32.7. The highest BCUT2D eigenvalue weighted by Crippen LogP contribution is 2.24. The Balaban J connectivity index is 1.56. The van der Waals surface area contributed by atoms with E-state index in [-0.39, 0.29) is 23.8 Å². The number of amides is 1. The lowest BCUT2D eigenvalue weighted by Gasteiger charge is -2.21. The van der Waals surface area contributed by atoms with Crippen LogP contribution in [0.2, 0.25) is 0 Å². The molecule has 0 atom stereocenters. The summed E-state index contributed by atoms with van der Waals surface area (Å²) >= 11 is 0. The number of benzene rings is 2. The molecule has 29 heavy (non-hydrogen) atoms. The van der Waals surface area contributed by atoms with Crippen molar-refractivity contribution in [2.75, 3.05) is 38.2 Å². The van der Waals surface area contributed by atoms with Crippen molar-refractivity contribution < 1.29 is 17.9 Å². The van der Waals surface area contributed by atoms with Gasteiger partial charge in [-0.05, 0) is 42.8 Å². The summed E-state index contributed by atoms with van der Waals surface area (Å²) in [4.78, 5) is 16.7. The van der Waals surface area contributed by atoms with Crippen LogP contribution in [0, 0.1) is 0 Å². The van der Waals surface area contributed by atoms with Gasteiger partial charge in [0.05, 0.1) is 11.5 Å². The molecule has 1 aliphatic rings. The minimum Gasteiger partial charge on any atom is -0.494 e. The van der Waals surface area contributed by atoms with Crippen LogP contribution in [0.15, 0.2) is 53.4 Å². The second-order valence-corrected chi connectivity index (χ2v) is 8.68. The maximum absolute atomic E-state index is 12.7. The number of rotatable bonds is 7. The van der Waals surface area contributed by atoms with Crippen molar-refractivity contribution in [1.29, 1.82) is 0 Å². The maximum Gasteiger partial charge on any atom is 0.240 e. The third kappa shape index (κ3) is 5.27. The first-order chi connectivity index (χ1) is 13.9. The number of nitrogens with zero attached hydrogens (tertiary/aromatic N) is 2. The lowest BCUT2D eigenvalue weighted by Crippen LogP contribution is -2.36. The van der Waals surface area contributed by atoms with Crippen LogP contribution in [0.1, 0.15) is 18.9 Å². The van der Waals surface area contributed by atoms with Gasteiger partial charge in [0.25, 0.3) is 0 Å². The average molecular weight is 418 g/mol. The predicted octanol–water partition coefficient (Wildman–Crippen LogP) is 2.23. The standard InChI is InChI=1S/C21H27N3O4S/c1-3-28-18-8-10-19(11-9-18)29(26,27)22-13-12-21(25)24-15-14-23(2)20-7-5-4-6-17(20)16-24/h4-11,22H,3,12-16H2,1-2H3. The molecule has 1 N–H and O–H groups in total. The molecule has 0 aliphatic carbocycles. The molecule has 2 aromatic rings. The lowest BCUT2D eigenvalue weighted by molar-refractivity contribution is -0.131. The Morgan fingerprint density at radius 1 is 1.10 bits per heavy atom. The van der Waals surface area contributed by atoms with Gasteiger partial charge in [-0.15, -0.1) is 0 Å². The van der Waals surface area contributed by atoms with Gasteiger partial charge in [-0.25, -0.2) is 13.1 Å². The molecule has 0 saturated heterocycles. The zero-order valence-corrected chi connectivity index (χ0v) is 17.6. The minimum atomic E-state index is -3.67. The van der Waals surface area contributed by atoms with E-state index < -0.39 is 10.0 Å². The Labute approximate surface area is 172 Å². The van der Waals surface area contributed by atoms with E-state index in [0.717, 1.165) is 17.8 Å². The molecule has 0 fully saturated rings. The maximum atomic E-state index is 12.7. The number of hydrogen-bond acceptors (Lipinski definition) is 5. The normalized spacial score (nSPS) is 14.3. The van der Waals surface area contributed by atoms with Crippen LogP contribution in [-0.2, 0) is 21.4 Å². The Morgan fingerprint density at radius 3 is 2.55 bits per heavy atom. The van der Waals surface area contributed by atoms with E-state index in [4.69, 9.17) is 4.74 Å².